The van der Waals surface area contributed by atoms with Crippen LogP contribution in [0.2, 0.25) is 5.02 Å². The van der Waals surface area contributed by atoms with Crippen molar-refractivity contribution in [3.8, 4) is 0 Å². The largest absolute Gasteiger partial charge is 0.396 e. The third kappa shape index (κ3) is 4.51. The highest BCUT2D eigenvalue weighted by Crippen LogP contribution is 2.25. The zero-order valence-corrected chi connectivity index (χ0v) is 13.0. The molecule has 0 spiro atoms. The minimum Gasteiger partial charge on any atom is -0.396 e. The van der Waals surface area contributed by atoms with E-state index in [0.717, 1.165) is 4.47 Å². The molecule has 0 heterocycles. The predicted molar refractivity (Wildman–Crippen MR) is 75.3 cm³/mol. The molecule has 0 saturated heterocycles. The van der Waals surface area contributed by atoms with Crippen LogP contribution in [0.4, 0.5) is 0 Å². The van der Waals surface area contributed by atoms with Gasteiger partial charge in [0.25, 0.3) is 0 Å². The Bertz CT molecular complexity index is 507. The standard InChI is InChI=1S/C11H15BrClNO3S/c1-8(3-2-6-15)14-18(16,17)11-5-4-9(12)7-10(11)13/h4-5,7-8,14-15H,2-3,6H2,1H3. The molecule has 0 aliphatic rings. The molecular weight excluding hydrogens is 342 g/mol. The minimum absolute atomic E-state index is 0.0467. The molecule has 4 nitrogen and oxygen atoms in total. The van der Waals surface area contributed by atoms with E-state index in [1.165, 1.54) is 12.1 Å². The van der Waals surface area contributed by atoms with Crippen molar-refractivity contribution in [3.63, 3.8) is 0 Å². The van der Waals surface area contributed by atoms with Crippen molar-refractivity contribution in [2.45, 2.75) is 30.7 Å². The first-order valence-corrected chi connectivity index (χ1v) is 8.10. The molecule has 0 aliphatic heterocycles. The lowest BCUT2D eigenvalue weighted by atomic mass is 10.2. The van der Waals surface area contributed by atoms with Crippen molar-refractivity contribution in [2.75, 3.05) is 6.61 Å². The van der Waals surface area contributed by atoms with Crippen LogP contribution in [0.1, 0.15) is 19.8 Å². The number of aliphatic hydroxyl groups is 1. The van der Waals surface area contributed by atoms with Crippen LogP contribution >= 0.6 is 27.5 Å². The highest BCUT2D eigenvalue weighted by molar-refractivity contribution is 9.10. The van der Waals surface area contributed by atoms with Gasteiger partial charge in [-0.3, -0.25) is 0 Å². The summed E-state index contributed by atoms with van der Waals surface area (Å²) in [6.45, 7) is 1.80. The van der Waals surface area contributed by atoms with E-state index in [-0.39, 0.29) is 22.6 Å². The van der Waals surface area contributed by atoms with Gasteiger partial charge in [-0.1, -0.05) is 27.5 Å². The first-order valence-electron chi connectivity index (χ1n) is 5.45. The van der Waals surface area contributed by atoms with Crippen LogP contribution < -0.4 is 4.72 Å². The SMILES string of the molecule is CC(CCCO)NS(=O)(=O)c1ccc(Br)cc1Cl. The number of hydrogen-bond acceptors (Lipinski definition) is 3. The second-order valence-electron chi connectivity index (χ2n) is 3.96. The Morgan fingerprint density at radius 2 is 2.17 bits per heavy atom. The fourth-order valence-corrected chi connectivity index (χ4v) is 3.79. The van der Waals surface area contributed by atoms with E-state index >= 15 is 0 Å². The number of sulfonamides is 1. The lowest BCUT2D eigenvalue weighted by molar-refractivity contribution is 0.279. The van der Waals surface area contributed by atoms with Crippen LogP contribution in [-0.2, 0) is 10.0 Å². The number of halogens is 2. The summed E-state index contributed by atoms with van der Waals surface area (Å²) in [6, 6.07) is 4.36. The average Bonchev–Trinajstić information content (AvgIpc) is 2.25. The van der Waals surface area contributed by atoms with Gasteiger partial charge in [0.05, 0.1) is 5.02 Å². The Morgan fingerprint density at radius 1 is 1.50 bits per heavy atom. The van der Waals surface area contributed by atoms with Crippen LogP contribution in [0.15, 0.2) is 27.6 Å². The normalized spacial score (nSPS) is 13.6. The molecule has 0 aromatic heterocycles. The third-order valence-corrected chi connectivity index (χ3v) is 4.90. The fourth-order valence-electron chi connectivity index (χ4n) is 1.48. The van der Waals surface area contributed by atoms with E-state index in [9.17, 15) is 8.42 Å². The average molecular weight is 357 g/mol. The lowest BCUT2D eigenvalue weighted by Crippen LogP contribution is -2.32. The molecule has 1 rings (SSSR count). The van der Waals surface area contributed by atoms with Gasteiger partial charge >= 0.3 is 0 Å². The summed E-state index contributed by atoms with van der Waals surface area (Å²) in [4.78, 5) is 0.0585. The van der Waals surface area contributed by atoms with E-state index in [1.54, 1.807) is 13.0 Å². The molecule has 1 atom stereocenters. The molecule has 18 heavy (non-hydrogen) atoms. The number of benzene rings is 1. The third-order valence-electron chi connectivity index (χ3n) is 2.34. The van der Waals surface area contributed by atoms with Gasteiger partial charge in [-0.05, 0) is 38.0 Å². The summed E-state index contributed by atoms with van der Waals surface area (Å²) in [5.41, 5.74) is 0. The topological polar surface area (TPSA) is 66.4 Å². The number of nitrogens with one attached hydrogen (secondary N) is 1. The summed E-state index contributed by atoms with van der Waals surface area (Å²) >= 11 is 9.13. The van der Waals surface area contributed by atoms with Gasteiger partial charge in [-0.25, -0.2) is 13.1 Å². The molecule has 1 aromatic rings. The summed E-state index contributed by atoms with van der Waals surface area (Å²) in [6.07, 6.45) is 1.13. The Kier molecular flexibility index (Phi) is 6.07. The molecule has 1 unspecified atom stereocenters. The molecule has 1 aromatic carbocycles. The molecule has 2 N–H and O–H groups in total. The van der Waals surface area contributed by atoms with Crippen LogP contribution in [0.5, 0.6) is 0 Å². The van der Waals surface area contributed by atoms with Crippen molar-refractivity contribution in [1.82, 2.24) is 4.72 Å². The van der Waals surface area contributed by atoms with E-state index < -0.39 is 10.0 Å². The summed E-state index contributed by atoms with van der Waals surface area (Å²) in [5.74, 6) is 0. The lowest BCUT2D eigenvalue weighted by Gasteiger charge is -2.14. The smallest absolute Gasteiger partial charge is 0.242 e. The maximum atomic E-state index is 12.1. The van der Waals surface area contributed by atoms with Crippen molar-refractivity contribution < 1.29 is 13.5 Å². The Labute approximate surface area is 121 Å². The van der Waals surface area contributed by atoms with Gasteiger partial charge in [-0.15, -0.1) is 0 Å². The van der Waals surface area contributed by atoms with Gasteiger partial charge < -0.3 is 5.11 Å². The zero-order valence-electron chi connectivity index (χ0n) is 9.86. The summed E-state index contributed by atoms with van der Waals surface area (Å²) < 4.78 is 27.4. The first kappa shape index (κ1) is 15.9. The second-order valence-corrected chi connectivity index (χ2v) is 6.97. The van der Waals surface area contributed by atoms with Crippen molar-refractivity contribution >= 4 is 37.6 Å². The minimum atomic E-state index is -3.62. The Hall–Kier alpha value is -0.140. The molecule has 102 valence electrons. The Balaban J connectivity index is 2.86. The molecule has 0 saturated carbocycles. The number of hydrogen-bond donors (Lipinski definition) is 2. The maximum Gasteiger partial charge on any atom is 0.242 e. The number of aliphatic hydroxyl groups excluding tert-OH is 1. The predicted octanol–water partition coefficient (Wildman–Crippen LogP) is 2.54. The molecule has 0 aliphatic carbocycles. The monoisotopic (exact) mass is 355 g/mol. The maximum absolute atomic E-state index is 12.1. The second kappa shape index (κ2) is 6.86. The Morgan fingerprint density at radius 3 is 2.72 bits per heavy atom. The number of rotatable bonds is 6. The molecule has 7 heteroatoms. The van der Waals surface area contributed by atoms with Crippen molar-refractivity contribution in [3.05, 3.63) is 27.7 Å². The highest BCUT2D eigenvalue weighted by atomic mass is 79.9. The fraction of sp³-hybridized carbons (Fsp3) is 0.455. The van der Waals surface area contributed by atoms with Crippen LogP contribution in [0.25, 0.3) is 0 Å². The molecular formula is C11H15BrClNO3S. The van der Waals surface area contributed by atoms with Gasteiger partial charge in [0.15, 0.2) is 0 Å². The van der Waals surface area contributed by atoms with Crippen LogP contribution in [0, 0.1) is 0 Å². The summed E-state index contributed by atoms with van der Waals surface area (Å²) in [5, 5.41) is 8.87. The molecule has 0 amide bonds. The van der Waals surface area contributed by atoms with Gasteiger partial charge in [-0.2, -0.15) is 0 Å². The van der Waals surface area contributed by atoms with Gasteiger partial charge in [0.1, 0.15) is 4.90 Å². The van der Waals surface area contributed by atoms with E-state index in [4.69, 9.17) is 16.7 Å². The summed E-state index contributed by atoms with van der Waals surface area (Å²) in [7, 11) is -3.62. The molecule has 0 fully saturated rings. The van der Waals surface area contributed by atoms with Gasteiger partial charge in [0.2, 0.25) is 10.0 Å². The van der Waals surface area contributed by atoms with Gasteiger partial charge in [0, 0.05) is 17.1 Å². The van der Waals surface area contributed by atoms with Crippen molar-refractivity contribution in [2.24, 2.45) is 0 Å². The van der Waals surface area contributed by atoms with E-state index in [2.05, 4.69) is 20.7 Å². The zero-order chi connectivity index (χ0) is 13.8. The molecule has 0 bridgehead atoms. The van der Waals surface area contributed by atoms with E-state index in [1.807, 2.05) is 0 Å². The quantitative estimate of drug-likeness (QED) is 0.823. The van der Waals surface area contributed by atoms with E-state index in [0.29, 0.717) is 12.8 Å². The van der Waals surface area contributed by atoms with Crippen LogP contribution in [0.3, 0.4) is 0 Å². The highest BCUT2D eigenvalue weighted by Gasteiger charge is 2.20. The van der Waals surface area contributed by atoms with Crippen molar-refractivity contribution in [1.29, 1.82) is 0 Å². The first-order chi connectivity index (χ1) is 8.36. The van der Waals surface area contributed by atoms with Crippen LogP contribution in [-0.4, -0.2) is 26.2 Å². The molecule has 0 radical (unpaired) electrons.